The van der Waals surface area contributed by atoms with Crippen molar-refractivity contribution in [3.63, 3.8) is 0 Å². The van der Waals surface area contributed by atoms with E-state index in [4.69, 9.17) is 15.3 Å². The van der Waals surface area contributed by atoms with E-state index in [0.717, 1.165) is 22.5 Å². The van der Waals surface area contributed by atoms with E-state index in [-0.39, 0.29) is 42.1 Å². The normalized spacial score (nSPS) is 43.7. The van der Waals surface area contributed by atoms with Gasteiger partial charge in [0.1, 0.15) is 24.3 Å². The molecule has 4 amide bonds. The van der Waals surface area contributed by atoms with E-state index < -0.39 is 35.1 Å². The highest BCUT2D eigenvalue weighted by Gasteiger charge is 2.74. The van der Waals surface area contributed by atoms with Crippen LogP contribution in [0.25, 0.3) is 0 Å². The van der Waals surface area contributed by atoms with Crippen LogP contribution in [0.3, 0.4) is 0 Å². The summed E-state index contributed by atoms with van der Waals surface area (Å²) < 4.78 is 5.63. The van der Waals surface area contributed by atoms with Gasteiger partial charge in [-0.3, -0.25) is 24.1 Å². The fraction of sp³-hybridized carbons (Fsp3) is 0.652. The fourth-order valence-corrected chi connectivity index (χ4v) is 6.90. The second-order valence-corrected chi connectivity index (χ2v) is 10.3. The summed E-state index contributed by atoms with van der Waals surface area (Å²) in [5.41, 5.74) is 4.85. The van der Waals surface area contributed by atoms with Crippen LogP contribution in [0.1, 0.15) is 41.0 Å². The summed E-state index contributed by atoms with van der Waals surface area (Å²) in [6.45, 7) is 8.98. The van der Waals surface area contributed by atoms with Gasteiger partial charge in [-0.25, -0.2) is 4.79 Å². The van der Waals surface area contributed by atoms with Gasteiger partial charge < -0.3 is 10.5 Å². The maximum absolute atomic E-state index is 12.8. The number of hydroxylamine groups is 2. The molecule has 7 atom stereocenters. The molecule has 2 N–H and O–H groups in total. The Bertz CT molecular complexity index is 1000. The number of hydrogen-bond acceptors (Lipinski definition) is 6. The van der Waals surface area contributed by atoms with E-state index in [1.807, 2.05) is 46.8 Å². The summed E-state index contributed by atoms with van der Waals surface area (Å²) in [4.78, 5) is 57.6. The molecule has 2 heterocycles. The first-order valence-corrected chi connectivity index (χ1v) is 11.0. The van der Waals surface area contributed by atoms with Crippen molar-refractivity contribution in [2.45, 2.75) is 52.2 Å². The lowest BCUT2D eigenvalue weighted by atomic mass is 9.66. The van der Waals surface area contributed by atoms with E-state index in [9.17, 15) is 19.2 Å². The Morgan fingerprint density at radius 3 is 2.19 bits per heavy atom. The van der Waals surface area contributed by atoms with Crippen LogP contribution in [0, 0.1) is 29.1 Å². The zero-order chi connectivity index (χ0) is 23.4. The van der Waals surface area contributed by atoms with Crippen molar-refractivity contribution in [3.8, 4) is 0 Å². The van der Waals surface area contributed by atoms with Gasteiger partial charge in [-0.1, -0.05) is 19.1 Å². The summed E-state index contributed by atoms with van der Waals surface area (Å²) in [7, 11) is 0. The van der Waals surface area contributed by atoms with Crippen LogP contribution in [0.15, 0.2) is 23.3 Å². The first-order chi connectivity index (χ1) is 14.9. The van der Waals surface area contributed by atoms with Gasteiger partial charge in [0, 0.05) is 0 Å². The van der Waals surface area contributed by atoms with E-state index in [0.29, 0.717) is 0 Å². The van der Waals surface area contributed by atoms with Gasteiger partial charge in [-0.2, -0.15) is 5.06 Å². The van der Waals surface area contributed by atoms with Crippen molar-refractivity contribution in [2.75, 3.05) is 13.2 Å². The van der Waals surface area contributed by atoms with Crippen molar-refractivity contribution in [1.82, 2.24) is 9.96 Å². The highest BCUT2D eigenvalue weighted by Crippen LogP contribution is 2.65. The van der Waals surface area contributed by atoms with Crippen LogP contribution < -0.4 is 5.73 Å². The van der Waals surface area contributed by atoms with E-state index in [1.54, 1.807) is 0 Å². The first kappa shape index (κ1) is 21.2. The number of carbonyl (C=O) groups excluding carboxylic acids is 4. The average Bonchev–Trinajstić information content (AvgIpc) is 3.47. The fourth-order valence-electron chi connectivity index (χ4n) is 6.90. The first-order valence-electron chi connectivity index (χ1n) is 11.0. The van der Waals surface area contributed by atoms with E-state index >= 15 is 0 Å². The lowest BCUT2D eigenvalue weighted by Gasteiger charge is -2.41. The third kappa shape index (κ3) is 2.17. The summed E-state index contributed by atoms with van der Waals surface area (Å²) in [5, 5.41) is 1.17. The van der Waals surface area contributed by atoms with Crippen LogP contribution in [0.4, 0.5) is 4.79 Å². The molecule has 5 rings (SSSR count). The largest absolute Gasteiger partial charge is 0.464 e. The van der Waals surface area contributed by atoms with Crippen molar-refractivity contribution in [2.24, 2.45) is 34.8 Å². The van der Waals surface area contributed by atoms with Crippen LogP contribution in [0.5, 0.6) is 0 Å². The molecule has 9 nitrogen and oxygen atoms in total. The molecular weight excluding hydrogens is 414 g/mol. The van der Waals surface area contributed by atoms with Crippen molar-refractivity contribution >= 4 is 23.8 Å². The van der Waals surface area contributed by atoms with Gasteiger partial charge in [0.2, 0.25) is 11.8 Å². The Kier molecular flexibility index (Phi) is 4.11. The Morgan fingerprint density at radius 2 is 1.66 bits per heavy atom. The maximum atomic E-state index is 12.8. The number of hydrogen-bond donors (Lipinski definition) is 1. The summed E-state index contributed by atoms with van der Waals surface area (Å²) >= 11 is 0. The molecule has 32 heavy (non-hydrogen) atoms. The monoisotopic (exact) mass is 443 g/mol. The van der Waals surface area contributed by atoms with Crippen molar-refractivity contribution < 1.29 is 28.8 Å². The van der Waals surface area contributed by atoms with E-state index in [2.05, 4.69) is 0 Å². The Morgan fingerprint density at radius 1 is 1.09 bits per heavy atom. The minimum absolute atomic E-state index is 0.0623. The van der Waals surface area contributed by atoms with E-state index in [1.165, 1.54) is 5.06 Å². The molecule has 0 unspecified atom stereocenters. The lowest BCUT2D eigenvalue weighted by Crippen LogP contribution is -2.56. The second kappa shape index (κ2) is 6.21. The van der Waals surface area contributed by atoms with Gasteiger partial charge in [-0.15, -0.1) is 0 Å². The molecule has 0 radical (unpaired) electrons. The van der Waals surface area contributed by atoms with Crippen molar-refractivity contribution in [1.29, 1.82) is 0 Å². The summed E-state index contributed by atoms with van der Waals surface area (Å²) in [6.07, 6.45) is 4.86. The molecule has 5 aliphatic rings. The molecule has 1 saturated carbocycles. The number of primary amides is 1. The SMILES string of the molecule is CC1=C(C)[C@]2(C)N(C(N)=O)O[C@@]1(C)[C@@]2(C)COC(=O)CN1C(=O)[C@@H]2[C@H](C1=O)[C@H]1C=C[C@@H]2C1. The number of imide groups is 1. The Balaban J connectivity index is 1.31. The molecule has 4 bridgehead atoms. The average molecular weight is 444 g/mol. The van der Waals surface area contributed by atoms with Gasteiger partial charge in [0.15, 0.2) is 0 Å². The number of likely N-dealkylation sites (tertiary alicyclic amines) is 1. The standard InChI is InChI=1S/C23H29N3O6/c1-11-12(2)23(5)21(3,22(11,4)26(32-23)20(24)30)10-31-15(27)9-25-18(28)16-13-6-7-14(8-13)17(16)19(25)29/h6-7,13-14,16-17H,8-10H2,1-5H3,(H2,24,30)/t13-,14+,16+,17-,21-,22-,23+/m0/s1. The number of amides is 4. The highest BCUT2D eigenvalue weighted by atomic mass is 16.7. The van der Waals surface area contributed by atoms with Gasteiger partial charge in [0.25, 0.3) is 0 Å². The maximum Gasteiger partial charge on any atom is 0.339 e. The zero-order valence-corrected chi connectivity index (χ0v) is 19.0. The van der Waals surface area contributed by atoms with Crippen LogP contribution in [0.2, 0.25) is 0 Å². The number of allylic oxidation sites excluding steroid dienone is 2. The molecular formula is C23H29N3O6. The molecule has 2 saturated heterocycles. The number of nitrogens with two attached hydrogens (primary N) is 1. The molecule has 0 aromatic carbocycles. The predicted molar refractivity (Wildman–Crippen MR) is 111 cm³/mol. The number of fused-ring (bicyclic) bond motifs is 7. The molecule has 2 aliphatic heterocycles. The smallest absolute Gasteiger partial charge is 0.339 e. The van der Waals surface area contributed by atoms with Gasteiger partial charge in [0.05, 0.1) is 17.3 Å². The van der Waals surface area contributed by atoms with Crippen LogP contribution >= 0.6 is 0 Å². The van der Waals surface area contributed by atoms with Crippen molar-refractivity contribution in [3.05, 3.63) is 23.3 Å². The third-order valence-corrected chi connectivity index (χ3v) is 9.39. The molecule has 0 spiro atoms. The minimum Gasteiger partial charge on any atom is -0.464 e. The molecule has 3 aliphatic carbocycles. The third-order valence-electron chi connectivity index (χ3n) is 9.39. The van der Waals surface area contributed by atoms with Gasteiger partial charge in [-0.05, 0) is 57.1 Å². The number of urea groups is 1. The van der Waals surface area contributed by atoms with Crippen LogP contribution in [-0.4, -0.2) is 58.1 Å². The Labute approximate surface area is 186 Å². The molecule has 172 valence electrons. The predicted octanol–water partition coefficient (Wildman–Crippen LogP) is 1.54. The zero-order valence-electron chi connectivity index (χ0n) is 19.0. The topological polar surface area (TPSA) is 119 Å². The minimum atomic E-state index is -0.904. The molecule has 0 aromatic heterocycles. The highest BCUT2D eigenvalue weighted by molar-refractivity contribution is 6.08. The van der Waals surface area contributed by atoms with Gasteiger partial charge >= 0.3 is 12.0 Å². The number of nitrogens with zero attached hydrogens (tertiary/aromatic N) is 2. The summed E-state index contributed by atoms with van der Waals surface area (Å²) in [6, 6.07) is -0.719. The number of esters is 1. The molecule has 0 aromatic rings. The number of rotatable bonds is 4. The number of carbonyl (C=O) groups is 4. The lowest BCUT2D eigenvalue weighted by molar-refractivity contribution is -0.173. The molecule has 9 heteroatoms. The van der Waals surface area contributed by atoms with Crippen LogP contribution in [-0.2, 0) is 24.0 Å². The summed E-state index contributed by atoms with van der Waals surface area (Å²) in [5.74, 6) is -1.74. The Hall–Kier alpha value is -2.68. The molecule has 3 fully saturated rings. The quantitative estimate of drug-likeness (QED) is 0.400. The number of ether oxygens (including phenoxy) is 1. The second-order valence-electron chi connectivity index (χ2n) is 10.3.